The molecule has 0 unspecified atom stereocenters. The van der Waals surface area contributed by atoms with Crippen LogP contribution in [0.25, 0.3) is 0 Å². The van der Waals surface area contributed by atoms with E-state index in [2.05, 4.69) is 26.6 Å². The predicted octanol–water partition coefficient (Wildman–Crippen LogP) is 4.34. The number of hydrogen-bond donors (Lipinski definition) is 2. The number of nitrogens with one attached hydrogen (secondary N) is 2. The first-order valence-electron chi connectivity index (χ1n) is 7.28. The smallest absolute Gasteiger partial charge is 0.233 e. The van der Waals surface area contributed by atoms with Gasteiger partial charge in [-0.3, -0.25) is 9.59 Å². The molecule has 2 rings (SSSR count). The molecule has 2 amide bonds. The second kappa shape index (κ2) is 7.42. The molecule has 2 N–H and O–H groups in total. The third kappa shape index (κ3) is 4.93. The van der Waals surface area contributed by atoms with Crippen LogP contribution in [0.15, 0.2) is 40.9 Å². The van der Waals surface area contributed by atoms with Gasteiger partial charge in [0.15, 0.2) is 0 Å². The summed E-state index contributed by atoms with van der Waals surface area (Å²) in [5, 5.41) is 5.53. The van der Waals surface area contributed by atoms with Crippen LogP contribution in [0.1, 0.15) is 23.1 Å². The molecule has 0 aliphatic rings. The number of carbonyl (C=O) groups excluding carboxylic acids is 2. The molecule has 2 aromatic carbocycles. The molecule has 0 saturated carbocycles. The summed E-state index contributed by atoms with van der Waals surface area (Å²) in [4.78, 5) is 24.0. The van der Waals surface area contributed by atoms with Crippen LogP contribution in [0.2, 0.25) is 0 Å². The lowest BCUT2D eigenvalue weighted by Gasteiger charge is -2.11. The number of benzene rings is 2. The van der Waals surface area contributed by atoms with E-state index in [9.17, 15) is 9.59 Å². The molecule has 0 radical (unpaired) electrons. The van der Waals surface area contributed by atoms with Gasteiger partial charge in [0.2, 0.25) is 11.8 Å². The van der Waals surface area contributed by atoms with Crippen LogP contribution in [-0.2, 0) is 9.59 Å². The predicted molar refractivity (Wildman–Crippen MR) is 96.7 cm³/mol. The minimum absolute atomic E-state index is 0.219. The van der Waals surface area contributed by atoms with Gasteiger partial charge in [0.25, 0.3) is 0 Å². The Hall–Kier alpha value is -2.14. The molecule has 0 aliphatic heterocycles. The maximum atomic E-state index is 12.0. The van der Waals surface area contributed by atoms with Crippen molar-refractivity contribution in [1.29, 1.82) is 0 Å². The summed E-state index contributed by atoms with van der Waals surface area (Å²) in [7, 11) is 0. The second-order valence-electron chi connectivity index (χ2n) is 5.55. The summed E-state index contributed by atoms with van der Waals surface area (Å²) in [6.45, 7) is 5.82. The topological polar surface area (TPSA) is 58.2 Å². The molecule has 0 spiro atoms. The van der Waals surface area contributed by atoms with E-state index < -0.39 is 0 Å². The summed E-state index contributed by atoms with van der Waals surface area (Å²) in [6, 6.07) is 11.3. The standard InChI is InChI=1S/C18H19BrN2O2/c1-11-4-6-15(12(2)8-11)20-17(22)10-18(23)21-16-7-5-14(19)9-13(16)3/h4-9H,10H2,1-3H3,(H,20,22)(H,21,23). The molecule has 0 saturated heterocycles. The van der Waals surface area contributed by atoms with Crippen molar-refractivity contribution in [3.8, 4) is 0 Å². The van der Waals surface area contributed by atoms with E-state index in [-0.39, 0.29) is 18.2 Å². The lowest BCUT2D eigenvalue weighted by Crippen LogP contribution is -2.22. The van der Waals surface area contributed by atoms with Gasteiger partial charge in [-0.25, -0.2) is 0 Å². The van der Waals surface area contributed by atoms with Crippen molar-refractivity contribution in [2.24, 2.45) is 0 Å². The maximum absolute atomic E-state index is 12.0. The molecule has 0 fully saturated rings. The first-order chi connectivity index (χ1) is 10.8. The van der Waals surface area contributed by atoms with Crippen LogP contribution in [0, 0.1) is 20.8 Å². The van der Waals surface area contributed by atoms with Gasteiger partial charge in [-0.15, -0.1) is 0 Å². The molecule has 0 aliphatic carbocycles. The highest BCUT2D eigenvalue weighted by molar-refractivity contribution is 9.10. The van der Waals surface area contributed by atoms with Crippen LogP contribution in [-0.4, -0.2) is 11.8 Å². The molecule has 0 heterocycles. The van der Waals surface area contributed by atoms with E-state index in [0.29, 0.717) is 5.69 Å². The Morgan fingerprint density at radius 1 is 0.870 bits per heavy atom. The van der Waals surface area contributed by atoms with Gasteiger partial charge in [-0.05, 0) is 56.2 Å². The summed E-state index contributed by atoms with van der Waals surface area (Å²) in [5.41, 5.74) is 4.47. The maximum Gasteiger partial charge on any atom is 0.233 e. The van der Waals surface area contributed by atoms with E-state index >= 15 is 0 Å². The van der Waals surface area contributed by atoms with E-state index in [1.165, 1.54) is 0 Å². The number of amides is 2. The Morgan fingerprint density at radius 3 is 1.91 bits per heavy atom. The number of anilines is 2. The third-order valence-electron chi connectivity index (χ3n) is 3.44. The minimum atomic E-state index is -0.335. The molecule has 120 valence electrons. The number of carbonyl (C=O) groups is 2. The van der Waals surface area contributed by atoms with Gasteiger partial charge in [-0.1, -0.05) is 33.6 Å². The van der Waals surface area contributed by atoms with Crippen molar-refractivity contribution in [1.82, 2.24) is 0 Å². The highest BCUT2D eigenvalue weighted by atomic mass is 79.9. The van der Waals surface area contributed by atoms with Crippen molar-refractivity contribution in [3.05, 3.63) is 57.6 Å². The molecular formula is C18H19BrN2O2. The second-order valence-corrected chi connectivity index (χ2v) is 6.47. The number of halogens is 1. The zero-order valence-corrected chi connectivity index (χ0v) is 15.0. The zero-order chi connectivity index (χ0) is 17.0. The van der Waals surface area contributed by atoms with Gasteiger partial charge in [-0.2, -0.15) is 0 Å². The fourth-order valence-electron chi connectivity index (χ4n) is 2.26. The summed E-state index contributed by atoms with van der Waals surface area (Å²) < 4.78 is 0.945. The van der Waals surface area contributed by atoms with E-state index in [0.717, 1.165) is 26.9 Å². The SMILES string of the molecule is Cc1ccc(NC(=O)CC(=O)Nc2ccc(Br)cc2C)c(C)c1. The molecule has 5 heteroatoms. The highest BCUT2D eigenvalue weighted by Crippen LogP contribution is 2.20. The summed E-state index contributed by atoms with van der Waals surface area (Å²) in [5.74, 6) is -0.665. The Labute approximate surface area is 144 Å². The third-order valence-corrected chi connectivity index (χ3v) is 3.93. The molecule has 2 aromatic rings. The fraction of sp³-hybridized carbons (Fsp3) is 0.222. The first kappa shape index (κ1) is 17.2. The lowest BCUT2D eigenvalue weighted by molar-refractivity contribution is -0.123. The Balaban J connectivity index is 1.95. The molecule has 4 nitrogen and oxygen atoms in total. The molecule has 0 bridgehead atoms. The average molecular weight is 375 g/mol. The average Bonchev–Trinajstić information content (AvgIpc) is 2.45. The van der Waals surface area contributed by atoms with Crippen molar-refractivity contribution in [3.63, 3.8) is 0 Å². The first-order valence-corrected chi connectivity index (χ1v) is 8.07. The van der Waals surface area contributed by atoms with Crippen molar-refractivity contribution in [2.75, 3.05) is 10.6 Å². The summed E-state index contributed by atoms with van der Waals surface area (Å²) >= 11 is 3.37. The van der Waals surface area contributed by atoms with E-state index in [1.807, 2.05) is 51.1 Å². The Bertz CT molecular complexity index is 693. The van der Waals surface area contributed by atoms with Gasteiger partial charge >= 0.3 is 0 Å². The van der Waals surface area contributed by atoms with E-state index in [4.69, 9.17) is 0 Å². The normalized spacial score (nSPS) is 10.3. The largest absolute Gasteiger partial charge is 0.325 e. The molecule has 23 heavy (non-hydrogen) atoms. The Kier molecular flexibility index (Phi) is 5.55. The van der Waals surface area contributed by atoms with Crippen molar-refractivity contribution in [2.45, 2.75) is 27.2 Å². The monoisotopic (exact) mass is 374 g/mol. The quantitative estimate of drug-likeness (QED) is 0.781. The fourth-order valence-corrected chi connectivity index (χ4v) is 2.73. The highest BCUT2D eigenvalue weighted by Gasteiger charge is 2.12. The van der Waals surface area contributed by atoms with Crippen LogP contribution < -0.4 is 10.6 Å². The summed E-state index contributed by atoms with van der Waals surface area (Å²) in [6.07, 6.45) is -0.219. The lowest BCUT2D eigenvalue weighted by atomic mass is 10.1. The van der Waals surface area contributed by atoms with Crippen LogP contribution in [0.4, 0.5) is 11.4 Å². The Morgan fingerprint density at radius 2 is 1.39 bits per heavy atom. The van der Waals surface area contributed by atoms with Gasteiger partial charge < -0.3 is 10.6 Å². The minimum Gasteiger partial charge on any atom is -0.325 e. The van der Waals surface area contributed by atoms with Crippen LogP contribution >= 0.6 is 15.9 Å². The van der Waals surface area contributed by atoms with Gasteiger partial charge in [0.1, 0.15) is 6.42 Å². The van der Waals surface area contributed by atoms with Crippen molar-refractivity contribution >= 4 is 39.1 Å². The molecular weight excluding hydrogens is 356 g/mol. The van der Waals surface area contributed by atoms with Crippen molar-refractivity contribution < 1.29 is 9.59 Å². The zero-order valence-electron chi connectivity index (χ0n) is 13.4. The number of rotatable bonds is 4. The number of hydrogen-bond acceptors (Lipinski definition) is 2. The molecule has 0 aromatic heterocycles. The van der Waals surface area contributed by atoms with Gasteiger partial charge in [0.05, 0.1) is 0 Å². The van der Waals surface area contributed by atoms with Crippen LogP contribution in [0.5, 0.6) is 0 Å². The van der Waals surface area contributed by atoms with E-state index in [1.54, 1.807) is 6.07 Å². The number of aryl methyl sites for hydroxylation is 3. The van der Waals surface area contributed by atoms with Crippen LogP contribution in [0.3, 0.4) is 0 Å². The van der Waals surface area contributed by atoms with Gasteiger partial charge in [0, 0.05) is 15.8 Å². The molecule has 0 atom stereocenters.